The molecule has 1 aromatic rings. The van der Waals surface area contributed by atoms with Gasteiger partial charge >= 0.3 is 0 Å². The number of aliphatic hydroxyl groups is 1. The molecule has 0 amide bonds. The van der Waals surface area contributed by atoms with Gasteiger partial charge in [-0.25, -0.2) is 0 Å². The lowest BCUT2D eigenvalue weighted by Gasteiger charge is -2.09. The average molecular weight is 176 g/mol. The van der Waals surface area contributed by atoms with Gasteiger partial charge in [0.25, 0.3) is 0 Å². The van der Waals surface area contributed by atoms with Crippen LogP contribution in [0, 0.1) is 19.3 Å². The highest BCUT2D eigenvalue weighted by Crippen LogP contribution is 2.21. The second-order valence-electron chi connectivity index (χ2n) is 2.79. The maximum atomic E-state index is 9.40. The van der Waals surface area contributed by atoms with Crippen molar-refractivity contribution in [2.75, 3.05) is 7.11 Å². The molecule has 1 rings (SSSR count). The number of terminal acetylenes is 1. The molecule has 1 N–H and O–H groups in total. The standard InChI is InChI=1S/C11H12O2/c1-4-11(12)10-6-5-9(13-3)7-8(10)2/h1,5-7,11-12H,2-3H3. The first-order valence-electron chi connectivity index (χ1n) is 3.97. The quantitative estimate of drug-likeness (QED) is 0.694. The van der Waals surface area contributed by atoms with Gasteiger partial charge in [-0.15, -0.1) is 6.42 Å². The minimum Gasteiger partial charge on any atom is -0.497 e. The first kappa shape index (κ1) is 9.63. The Morgan fingerprint density at radius 1 is 1.54 bits per heavy atom. The molecule has 0 heterocycles. The number of benzene rings is 1. The second kappa shape index (κ2) is 3.97. The predicted molar refractivity (Wildman–Crippen MR) is 51.5 cm³/mol. The summed E-state index contributed by atoms with van der Waals surface area (Å²) in [5.41, 5.74) is 1.69. The number of hydrogen-bond acceptors (Lipinski definition) is 2. The van der Waals surface area contributed by atoms with Gasteiger partial charge in [0.05, 0.1) is 7.11 Å². The second-order valence-corrected chi connectivity index (χ2v) is 2.79. The zero-order valence-electron chi connectivity index (χ0n) is 7.74. The Morgan fingerprint density at radius 3 is 2.69 bits per heavy atom. The van der Waals surface area contributed by atoms with Crippen molar-refractivity contribution in [2.24, 2.45) is 0 Å². The Morgan fingerprint density at radius 2 is 2.23 bits per heavy atom. The molecule has 1 aromatic carbocycles. The predicted octanol–water partition coefficient (Wildman–Crippen LogP) is 1.67. The smallest absolute Gasteiger partial charge is 0.140 e. The topological polar surface area (TPSA) is 29.5 Å². The van der Waals surface area contributed by atoms with E-state index in [1.807, 2.05) is 13.0 Å². The number of methoxy groups -OCH3 is 1. The summed E-state index contributed by atoms with van der Waals surface area (Å²) in [6.07, 6.45) is 4.28. The summed E-state index contributed by atoms with van der Waals surface area (Å²) in [4.78, 5) is 0. The van der Waals surface area contributed by atoms with Crippen LogP contribution in [-0.2, 0) is 0 Å². The van der Waals surface area contributed by atoms with E-state index in [1.165, 1.54) is 0 Å². The van der Waals surface area contributed by atoms with E-state index >= 15 is 0 Å². The van der Waals surface area contributed by atoms with E-state index in [2.05, 4.69) is 5.92 Å². The van der Waals surface area contributed by atoms with Crippen molar-refractivity contribution < 1.29 is 9.84 Å². The third kappa shape index (κ3) is 2.01. The summed E-state index contributed by atoms with van der Waals surface area (Å²) < 4.78 is 5.03. The molecule has 0 radical (unpaired) electrons. The number of ether oxygens (including phenoxy) is 1. The normalized spacial score (nSPS) is 11.8. The van der Waals surface area contributed by atoms with Gasteiger partial charge in [0.2, 0.25) is 0 Å². The van der Waals surface area contributed by atoms with Gasteiger partial charge in [-0.2, -0.15) is 0 Å². The van der Waals surface area contributed by atoms with E-state index in [4.69, 9.17) is 11.2 Å². The lowest BCUT2D eigenvalue weighted by atomic mass is 10.0. The van der Waals surface area contributed by atoms with Crippen molar-refractivity contribution in [1.29, 1.82) is 0 Å². The Bertz CT molecular complexity index is 336. The van der Waals surface area contributed by atoms with Gasteiger partial charge in [-0.3, -0.25) is 0 Å². The first-order chi connectivity index (χ1) is 6.19. The number of aliphatic hydroxyl groups excluding tert-OH is 1. The molecule has 2 nitrogen and oxygen atoms in total. The van der Waals surface area contributed by atoms with Gasteiger partial charge < -0.3 is 9.84 Å². The van der Waals surface area contributed by atoms with Crippen LogP contribution in [0.1, 0.15) is 17.2 Å². The fourth-order valence-electron chi connectivity index (χ4n) is 1.17. The maximum Gasteiger partial charge on any atom is 0.140 e. The largest absolute Gasteiger partial charge is 0.497 e. The van der Waals surface area contributed by atoms with Crippen LogP contribution in [0.5, 0.6) is 5.75 Å². The van der Waals surface area contributed by atoms with Crippen molar-refractivity contribution in [3.05, 3.63) is 29.3 Å². The summed E-state index contributed by atoms with van der Waals surface area (Å²) in [6, 6.07) is 5.40. The Kier molecular flexibility index (Phi) is 2.94. The van der Waals surface area contributed by atoms with E-state index < -0.39 is 6.10 Å². The summed E-state index contributed by atoms with van der Waals surface area (Å²) >= 11 is 0. The molecule has 2 heteroatoms. The van der Waals surface area contributed by atoms with E-state index in [0.717, 1.165) is 16.9 Å². The molecule has 0 bridgehead atoms. The lowest BCUT2D eigenvalue weighted by Crippen LogP contribution is -1.97. The van der Waals surface area contributed by atoms with Crippen LogP contribution >= 0.6 is 0 Å². The molecule has 0 aromatic heterocycles. The Balaban J connectivity index is 3.06. The van der Waals surface area contributed by atoms with E-state index in [9.17, 15) is 5.11 Å². The van der Waals surface area contributed by atoms with Gasteiger partial charge in [-0.1, -0.05) is 12.0 Å². The molecule has 0 aliphatic heterocycles. The van der Waals surface area contributed by atoms with E-state index in [-0.39, 0.29) is 0 Å². The van der Waals surface area contributed by atoms with Crippen LogP contribution < -0.4 is 4.74 Å². The van der Waals surface area contributed by atoms with Crippen molar-refractivity contribution in [3.63, 3.8) is 0 Å². The maximum absolute atomic E-state index is 9.40. The summed E-state index contributed by atoms with van der Waals surface area (Å²) in [7, 11) is 1.60. The molecular formula is C11H12O2. The van der Waals surface area contributed by atoms with Crippen molar-refractivity contribution in [3.8, 4) is 18.1 Å². The van der Waals surface area contributed by atoms with Crippen molar-refractivity contribution in [1.82, 2.24) is 0 Å². The highest BCUT2D eigenvalue weighted by molar-refractivity contribution is 5.38. The molecule has 0 saturated carbocycles. The minimum atomic E-state index is -0.828. The van der Waals surface area contributed by atoms with E-state index in [1.54, 1.807) is 19.2 Å². The van der Waals surface area contributed by atoms with Crippen LogP contribution in [0.25, 0.3) is 0 Å². The van der Waals surface area contributed by atoms with Gasteiger partial charge in [0, 0.05) is 0 Å². The molecule has 0 aliphatic carbocycles. The molecule has 68 valence electrons. The minimum absolute atomic E-state index is 0.753. The first-order valence-corrected chi connectivity index (χ1v) is 3.97. The zero-order valence-corrected chi connectivity index (χ0v) is 7.74. The van der Waals surface area contributed by atoms with Crippen LogP contribution in [0.15, 0.2) is 18.2 Å². The molecule has 0 fully saturated rings. The lowest BCUT2D eigenvalue weighted by molar-refractivity contribution is 0.237. The SMILES string of the molecule is C#CC(O)c1ccc(OC)cc1C. The summed E-state index contributed by atoms with van der Waals surface area (Å²) in [6.45, 7) is 1.89. The Labute approximate surface area is 78.2 Å². The third-order valence-electron chi connectivity index (χ3n) is 1.93. The molecule has 1 atom stereocenters. The monoisotopic (exact) mass is 176 g/mol. The number of aryl methyl sites for hydroxylation is 1. The molecular weight excluding hydrogens is 164 g/mol. The fraction of sp³-hybridized carbons (Fsp3) is 0.273. The van der Waals surface area contributed by atoms with Crippen molar-refractivity contribution in [2.45, 2.75) is 13.0 Å². The van der Waals surface area contributed by atoms with Gasteiger partial charge in [0.15, 0.2) is 0 Å². The van der Waals surface area contributed by atoms with Crippen LogP contribution in [0.3, 0.4) is 0 Å². The Hall–Kier alpha value is -1.46. The van der Waals surface area contributed by atoms with Gasteiger partial charge in [-0.05, 0) is 30.2 Å². The third-order valence-corrected chi connectivity index (χ3v) is 1.93. The van der Waals surface area contributed by atoms with Gasteiger partial charge in [0.1, 0.15) is 11.9 Å². The number of rotatable bonds is 2. The van der Waals surface area contributed by atoms with Crippen molar-refractivity contribution >= 4 is 0 Å². The fourth-order valence-corrected chi connectivity index (χ4v) is 1.17. The molecule has 0 saturated heterocycles. The average Bonchev–Trinajstić information content (AvgIpc) is 2.16. The van der Waals surface area contributed by atoms with E-state index in [0.29, 0.717) is 0 Å². The molecule has 13 heavy (non-hydrogen) atoms. The highest BCUT2D eigenvalue weighted by Gasteiger charge is 2.07. The zero-order chi connectivity index (χ0) is 9.84. The van der Waals surface area contributed by atoms with Crippen LogP contribution in [-0.4, -0.2) is 12.2 Å². The number of hydrogen-bond donors (Lipinski definition) is 1. The molecule has 0 aliphatic rings. The molecule has 0 spiro atoms. The highest BCUT2D eigenvalue weighted by atomic mass is 16.5. The van der Waals surface area contributed by atoms with Crippen LogP contribution in [0.4, 0.5) is 0 Å². The summed E-state index contributed by atoms with van der Waals surface area (Å²) in [5, 5.41) is 9.40. The summed E-state index contributed by atoms with van der Waals surface area (Å²) in [5.74, 6) is 3.04. The van der Waals surface area contributed by atoms with Crippen LogP contribution in [0.2, 0.25) is 0 Å². The molecule has 1 unspecified atom stereocenters.